The Balaban J connectivity index is 1.37. The maximum atomic E-state index is 12.7. The van der Waals surface area contributed by atoms with Crippen LogP contribution in [0, 0.1) is 5.92 Å². The Morgan fingerprint density at radius 3 is 2.54 bits per heavy atom. The molecule has 6 nitrogen and oxygen atoms in total. The van der Waals surface area contributed by atoms with Crippen LogP contribution in [0.2, 0.25) is 0 Å². The highest BCUT2D eigenvalue weighted by atomic mass is 32.2. The molecule has 3 heterocycles. The van der Waals surface area contributed by atoms with E-state index < -0.39 is 14.6 Å². The second kappa shape index (κ2) is 6.85. The van der Waals surface area contributed by atoms with Gasteiger partial charge in [-0.1, -0.05) is 18.2 Å². The lowest BCUT2D eigenvalue weighted by Crippen LogP contribution is -2.69. The number of hydrogen-bond acceptors (Lipinski definition) is 5. The molecule has 3 aliphatic heterocycles. The number of hydrogen-bond donors (Lipinski definition) is 0. The zero-order chi connectivity index (χ0) is 18.2. The quantitative estimate of drug-likeness (QED) is 0.770. The van der Waals surface area contributed by atoms with Gasteiger partial charge in [0.05, 0.1) is 5.75 Å². The van der Waals surface area contributed by atoms with Crippen LogP contribution >= 0.6 is 0 Å². The third-order valence-electron chi connectivity index (χ3n) is 6.15. The minimum absolute atomic E-state index is 0.0447. The number of para-hydroxylation sites is 1. The number of nitrogens with zero attached hydrogens (tertiary/aromatic N) is 2. The highest BCUT2D eigenvalue weighted by molar-refractivity contribution is 7.93. The summed E-state index contributed by atoms with van der Waals surface area (Å²) >= 11 is 0. The number of sulfone groups is 1. The van der Waals surface area contributed by atoms with Crippen molar-refractivity contribution in [2.75, 3.05) is 45.1 Å². The molecule has 142 valence electrons. The van der Waals surface area contributed by atoms with E-state index in [0.717, 1.165) is 26.1 Å². The van der Waals surface area contributed by atoms with E-state index in [2.05, 4.69) is 4.90 Å². The molecule has 26 heavy (non-hydrogen) atoms. The predicted octanol–water partition coefficient (Wildman–Crippen LogP) is 1.18. The van der Waals surface area contributed by atoms with Crippen LogP contribution in [0.4, 0.5) is 0 Å². The molecule has 1 amide bonds. The molecule has 3 fully saturated rings. The van der Waals surface area contributed by atoms with E-state index in [4.69, 9.17) is 4.74 Å². The van der Waals surface area contributed by atoms with Crippen LogP contribution in [0.1, 0.15) is 19.3 Å². The molecule has 0 aliphatic carbocycles. The Hall–Kier alpha value is -1.60. The molecule has 0 bridgehead atoms. The van der Waals surface area contributed by atoms with Crippen molar-refractivity contribution in [2.45, 2.75) is 24.0 Å². The predicted molar refractivity (Wildman–Crippen MR) is 98.8 cm³/mol. The summed E-state index contributed by atoms with van der Waals surface area (Å²) in [6.45, 7) is 3.59. The largest absolute Gasteiger partial charge is 0.484 e. The van der Waals surface area contributed by atoms with Crippen molar-refractivity contribution in [2.24, 2.45) is 5.92 Å². The van der Waals surface area contributed by atoms with Crippen LogP contribution in [-0.4, -0.2) is 74.0 Å². The fourth-order valence-corrected chi connectivity index (χ4v) is 6.94. The molecule has 4 rings (SSSR count). The zero-order valence-corrected chi connectivity index (χ0v) is 15.8. The van der Waals surface area contributed by atoms with E-state index in [1.807, 2.05) is 18.2 Å². The standard InChI is InChI=1S/C19H26N2O4S/c22-18(13-25-17-6-2-1-3-7-17)21-14-19(15-21)16(8-11-26(19,23)24)12-20-9-4-5-10-20/h1-3,6-7,16H,4-5,8-15H2. The van der Waals surface area contributed by atoms with Crippen LogP contribution in [0.5, 0.6) is 5.75 Å². The molecule has 1 atom stereocenters. The van der Waals surface area contributed by atoms with Gasteiger partial charge in [0.2, 0.25) is 0 Å². The van der Waals surface area contributed by atoms with E-state index >= 15 is 0 Å². The number of rotatable bonds is 5. The molecule has 7 heteroatoms. The van der Waals surface area contributed by atoms with Crippen LogP contribution in [0.3, 0.4) is 0 Å². The number of benzene rings is 1. The molecule has 1 spiro atoms. The summed E-state index contributed by atoms with van der Waals surface area (Å²) < 4.78 is 30.2. The van der Waals surface area contributed by atoms with Gasteiger partial charge >= 0.3 is 0 Å². The SMILES string of the molecule is O=C(COc1ccccc1)N1CC2(C1)C(CN1CCCC1)CCS2(=O)=O. The van der Waals surface area contributed by atoms with Crippen molar-refractivity contribution in [1.82, 2.24) is 9.80 Å². The number of likely N-dealkylation sites (tertiary alicyclic amines) is 2. The van der Waals surface area contributed by atoms with Gasteiger partial charge in [0.1, 0.15) is 10.5 Å². The van der Waals surface area contributed by atoms with E-state index in [1.165, 1.54) is 12.8 Å². The fourth-order valence-electron chi connectivity index (χ4n) is 4.54. The molecular weight excluding hydrogens is 352 g/mol. The van der Waals surface area contributed by atoms with Crippen molar-refractivity contribution in [1.29, 1.82) is 0 Å². The summed E-state index contributed by atoms with van der Waals surface area (Å²) in [5, 5.41) is 0. The summed E-state index contributed by atoms with van der Waals surface area (Å²) in [5.41, 5.74) is 0. The second-order valence-electron chi connectivity index (χ2n) is 7.73. The first-order valence-electron chi connectivity index (χ1n) is 9.40. The lowest BCUT2D eigenvalue weighted by molar-refractivity contribution is -0.139. The smallest absolute Gasteiger partial charge is 0.260 e. The minimum atomic E-state index is -3.14. The molecule has 0 N–H and O–H groups in total. The summed E-state index contributed by atoms with van der Waals surface area (Å²) in [6.07, 6.45) is 3.13. The lowest BCUT2D eigenvalue weighted by atomic mass is 9.82. The first kappa shape index (κ1) is 17.8. The van der Waals surface area contributed by atoms with E-state index in [1.54, 1.807) is 17.0 Å². The Kier molecular flexibility index (Phi) is 4.69. The monoisotopic (exact) mass is 378 g/mol. The van der Waals surface area contributed by atoms with Crippen LogP contribution in [0.15, 0.2) is 30.3 Å². The van der Waals surface area contributed by atoms with Gasteiger partial charge in [0, 0.05) is 19.6 Å². The Morgan fingerprint density at radius 1 is 1.15 bits per heavy atom. The third kappa shape index (κ3) is 3.11. The van der Waals surface area contributed by atoms with Gasteiger partial charge in [-0.2, -0.15) is 0 Å². The highest BCUT2D eigenvalue weighted by Gasteiger charge is 2.62. The lowest BCUT2D eigenvalue weighted by Gasteiger charge is -2.50. The van der Waals surface area contributed by atoms with E-state index in [-0.39, 0.29) is 24.2 Å². The highest BCUT2D eigenvalue weighted by Crippen LogP contribution is 2.45. The van der Waals surface area contributed by atoms with Crippen molar-refractivity contribution in [3.63, 3.8) is 0 Å². The number of amides is 1. The Labute approximate surface area is 155 Å². The third-order valence-corrected chi connectivity index (χ3v) is 8.75. The molecule has 0 aromatic heterocycles. The Bertz CT molecular complexity index is 753. The first-order valence-corrected chi connectivity index (χ1v) is 11.1. The van der Waals surface area contributed by atoms with Gasteiger partial charge in [0.25, 0.3) is 5.91 Å². The number of carbonyl (C=O) groups is 1. The van der Waals surface area contributed by atoms with Crippen LogP contribution in [0.25, 0.3) is 0 Å². The molecule has 1 aromatic carbocycles. The normalized spacial score (nSPS) is 26.8. The molecule has 1 unspecified atom stereocenters. The summed E-state index contributed by atoms with van der Waals surface area (Å²) in [6, 6.07) is 9.20. The zero-order valence-electron chi connectivity index (χ0n) is 15.0. The van der Waals surface area contributed by atoms with Gasteiger partial charge in [-0.3, -0.25) is 4.79 Å². The maximum absolute atomic E-state index is 12.7. The second-order valence-corrected chi connectivity index (χ2v) is 10.2. The van der Waals surface area contributed by atoms with Gasteiger partial charge in [0.15, 0.2) is 16.4 Å². The molecular formula is C19H26N2O4S. The first-order chi connectivity index (χ1) is 12.5. The van der Waals surface area contributed by atoms with Crippen molar-refractivity contribution < 1.29 is 17.9 Å². The average Bonchev–Trinajstić information content (AvgIpc) is 3.19. The number of ether oxygens (including phenoxy) is 1. The van der Waals surface area contributed by atoms with Gasteiger partial charge in [-0.15, -0.1) is 0 Å². The summed E-state index contributed by atoms with van der Waals surface area (Å²) in [4.78, 5) is 16.4. The number of carbonyl (C=O) groups excluding carboxylic acids is 1. The molecule has 0 saturated carbocycles. The summed E-state index contributed by atoms with van der Waals surface area (Å²) in [7, 11) is -3.14. The van der Waals surface area contributed by atoms with Crippen molar-refractivity contribution in [3.05, 3.63) is 30.3 Å². The maximum Gasteiger partial charge on any atom is 0.260 e. The topological polar surface area (TPSA) is 66.9 Å². The van der Waals surface area contributed by atoms with E-state index in [9.17, 15) is 13.2 Å². The molecule has 3 aliphatic rings. The Morgan fingerprint density at radius 2 is 1.85 bits per heavy atom. The van der Waals surface area contributed by atoms with E-state index in [0.29, 0.717) is 18.8 Å². The minimum Gasteiger partial charge on any atom is -0.484 e. The van der Waals surface area contributed by atoms with Crippen molar-refractivity contribution in [3.8, 4) is 5.75 Å². The van der Waals surface area contributed by atoms with Gasteiger partial charge in [-0.25, -0.2) is 8.42 Å². The van der Waals surface area contributed by atoms with Gasteiger partial charge in [-0.05, 0) is 50.4 Å². The fraction of sp³-hybridized carbons (Fsp3) is 0.632. The van der Waals surface area contributed by atoms with Crippen LogP contribution in [-0.2, 0) is 14.6 Å². The summed E-state index contributed by atoms with van der Waals surface area (Å²) in [5.74, 6) is 0.913. The van der Waals surface area contributed by atoms with Crippen molar-refractivity contribution >= 4 is 15.7 Å². The van der Waals surface area contributed by atoms with Crippen LogP contribution < -0.4 is 4.74 Å². The molecule has 3 saturated heterocycles. The van der Waals surface area contributed by atoms with Gasteiger partial charge < -0.3 is 14.5 Å². The molecule has 1 aromatic rings. The average molecular weight is 378 g/mol. The molecule has 0 radical (unpaired) electrons.